The van der Waals surface area contributed by atoms with E-state index in [4.69, 9.17) is 9.47 Å². The summed E-state index contributed by atoms with van der Waals surface area (Å²) in [6.45, 7) is 4.30. The SMILES string of the molecule is CCCCCC1CCC(C2CCC(C3CCC(c4ccc(OCC)c(F)c4F)CC3)CC2)C(=O)O1. The van der Waals surface area contributed by atoms with Crippen LogP contribution in [0.5, 0.6) is 5.75 Å². The molecule has 0 spiro atoms. The van der Waals surface area contributed by atoms with Crippen molar-refractivity contribution < 1.29 is 23.0 Å². The third-order valence-corrected chi connectivity index (χ3v) is 9.16. The monoisotopic (exact) mass is 490 g/mol. The first-order valence-electron chi connectivity index (χ1n) is 14.3. The van der Waals surface area contributed by atoms with Crippen molar-refractivity contribution in [2.45, 2.75) is 116 Å². The van der Waals surface area contributed by atoms with Gasteiger partial charge in [0.2, 0.25) is 5.82 Å². The highest BCUT2D eigenvalue weighted by Gasteiger charge is 2.39. The summed E-state index contributed by atoms with van der Waals surface area (Å²) in [7, 11) is 0. The highest BCUT2D eigenvalue weighted by Crippen LogP contribution is 2.47. The first kappa shape index (κ1) is 26.4. The fourth-order valence-electron chi connectivity index (χ4n) is 7.10. The average molecular weight is 491 g/mol. The number of benzene rings is 1. The van der Waals surface area contributed by atoms with E-state index in [1.165, 1.54) is 25.7 Å². The third-order valence-electron chi connectivity index (χ3n) is 9.16. The lowest BCUT2D eigenvalue weighted by Crippen LogP contribution is -2.37. The van der Waals surface area contributed by atoms with E-state index in [-0.39, 0.29) is 29.7 Å². The second-order valence-electron chi connectivity index (χ2n) is 11.2. The molecule has 0 amide bonds. The van der Waals surface area contributed by atoms with Crippen LogP contribution >= 0.6 is 0 Å². The standard InChI is InChI=1S/C30H44F2O3/c1-3-5-6-7-24-16-17-26(30(33)35-24)23-14-10-21(11-15-23)20-8-12-22(13-9-20)25-18-19-27(34-4-2)29(32)28(25)31/h18-24,26H,3-17H2,1-2H3. The van der Waals surface area contributed by atoms with Gasteiger partial charge in [-0.3, -0.25) is 4.79 Å². The number of rotatable bonds is 9. The highest BCUT2D eigenvalue weighted by atomic mass is 19.2. The Morgan fingerprint density at radius 2 is 1.49 bits per heavy atom. The van der Waals surface area contributed by atoms with Gasteiger partial charge in [-0.15, -0.1) is 0 Å². The summed E-state index contributed by atoms with van der Waals surface area (Å²) < 4.78 is 40.1. The largest absolute Gasteiger partial charge is 0.491 e. The summed E-state index contributed by atoms with van der Waals surface area (Å²) in [6, 6.07) is 3.30. The molecule has 1 saturated heterocycles. The molecular weight excluding hydrogens is 446 g/mol. The molecule has 2 aliphatic carbocycles. The van der Waals surface area contributed by atoms with Crippen molar-refractivity contribution in [2.75, 3.05) is 6.61 Å². The molecule has 2 atom stereocenters. The van der Waals surface area contributed by atoms with Crippen LogP contribution in [-0.2, 0) is 9.53 Å². The molecule has 1 aromatic carbocycles. The summed E-state index contributed by atoms with van der Waals surface area (Å²) in [5, 5.41) is 0. The van der Waals surface area contributed by atoms with Gasteiger partial charge in [0.05, 0.1) is 12.5 Å². The number of carbonyl (C=O) groups excluding carboxylic acids is 1. The van der Waals surface area contributed by atoms with Crippen LogP contribution in [0.4, 0.5) is 8.78 Å². The topological polar surface area (TPSA) is 35.5 Å². The quantitative estimate of drug-likeness (QED) is 0.258. The van der Waals surface area contributed by atoms with Gasteiger partial charge < -0.3 is 9.47 Å². The van der Waals surface area contributed by atoms with E-state index in [1.807, 2.05) is 0 Å². The molecule has 0 bridgehead atoms. The summed E-state index contributed by atoms with van der Waals surface area (Å²) in [6.07, 6.45) is 15.4. The molecule has 1 heterocycles. The number of esters is 1. The molecule has 196 valence electrons. The summed E-state index contributed by atoms with van der Waals surface area (Å²) in [5.74, 6) is 0.540. The first-order chi connectivity index (χ1) is 17.0. The van der Waals surface area contributed by atoms with E-state index >= 15 is 0 Å². The summed E-state index contributed by atoms with van der Waals surface area (Å²) >= 11 is 0. The molecule has 2 unspecified atom stereocenters. The van der Waals surface area contributed by atoms with Crippen molar-refractivity contribution >= 4 is 5.97 Å². The van der Waals surface area contributed by atoms with Gasteiger partial charge in [0.25, 0.3) is 0 Å². The van der Waals surface area contributed by atoms with Crippen molar-refractivity contribution in [1.29, 1.82) is 0 Å². The van der Waals surface area contributed by atoms with Crippen molar-refractivity contribution in [1.82, 2.24) is 0 Å². The Balaban J connectivity index is 1.22. The molecule has 3 aliphatic rings. The number of halogens is 2. The Morgan fingerprint density at radius 3 is 2.11 bits per heavy atom. The van der Waals surface area contributed by atoms with Gasteiger partial charge in [-0.25, -0.2) is 4.39 Å². The predicted octanol–water partition coefficient (Wildman–Crippen LogP) is 8.35. The third kappa shape index (κ3) is 6.38. The first-order valence-corrected chi connectivity index (χ1v) is 14.3. The van der Waals surface area contributed by atoms with Crippen LogP contribution in [0.2, 0.25) is 0 Å². The van der Waals surface area contributed by atoms with E-state index in [9.17, 15) is 13.6 Å². The Labute approximate surface area is 210 Å². The molecule has 5 heteroatoms. The van der Waals surface area contributed by atoms with E-state index < -0.39 is 11.6 Å². The average Bonchev–Trinajstić information content (AvgIpc) is 2.88. The van der Waals surface area contributed by atoms with Crippen LogP contribution in [0.3, 0.4) is 0 Å². The van der Waals surface area contributed by atoms with Gasteiger partial charge in [0.1, 0.15) is 6.10 Å². The maximum Gasteiger partial charge on any atom is 0.309 e. The Morgan fingerprint density at radius 1 is 0.829 bits per heavy atom. The smallest absolute Gasteiger partial charge is 0.309 e. The van der Waals surface area contributed by atoms with Crippen LogP contribution < -0.4 is 4.74 Å². The summed E-state index contributed by atoms with van der Waals surface area (Å²) in [5.41, 5.74) is 0.511. The minimum Gasteiger partial charge on any atom is -0.491 e. The molecule has 1 aromatic rings. The lowest BCUT2D eigenvalue weighted by molar-refractivity contribution is -0.164. The van der Waals surface area contributed by atoms with E-state index in [0.29, 0.717) is 29.9 Å². The van der Waals surface area contributed by atoms with Crippen molar-refractivity contribution in [3.05, 3.63) is 29.3 Å². The van der Waals surface area contributed by atoms with Gasteiger partial charge in [-0.1, -0.05) is 25.8 Å². The maximum atomic E-state index is 14.7. The van der Waals surface area contributed by atoms with E-state index in [0.717, 1.165) is 64.2 Å². The molecule has 35 heavy (non-hydrogen) atoms. The lowest BCUT2D eigenvalue weighted by Gasteiger charge is -2.40. The zero-order valence-electron chi connectivity index (χ0n) is 21.7. The zero-order valence-corrected chi connectivity index (χ0v) is 21.7. The van der Waals surface area contributed by atoms with Gasteiger partial charge in [-0.2, -0.15) is 4.39 Å². The molecule has 4 rings (SSSR count). The maximum absolute atomic E-state index is 14.7. The number of carbonyl (C=O) groups is 1. The van der Waals surface area contributed by atoms with Crippen LogP contribution in [-0.4, -0.2) is 18.7 Å². The second kappa shape index (κ2) is 12.5. The van der Waals surface area contributed by atoms with Gasteiger partial charge in [0, 0.05) is 0 Å². The van der Waals surface area contributed by atoms with Crippen LogP contribution in [0.15, 0.2) is 12.1 Å². The van der Waals surface area contributed by atoms with E-state index in [1.54, 1.807) is 19.1 Å². The molecule has 1 aliphatic heterocycles. The molecular formula is C30H44F2O3. The van der Waals surface area contributed by atoms with E-state index in [2.05, 4.69) is 6.92 Å². The minimum absolute atomic E-state index is 0.00746. The number of ether oxygens (including phenoxy) is 2. The fraction of sp³-hybridized carbons (Fsp3) is 0.767. The molecule has 0 aromatic heterocycles. The predicted molar refractivity (Wildman–Crippen MR) is 134 cm³/mol. The van der Waals surface area contributed by atoms with Crippen molar-refractivity contribution in [3.63, 3.8) is 0 Å². The van der Waals surface area contributed by atoms with Gasteiger partial charge in [-0.05, 0) is 119 Å². The highest BCUT2D eigenvalue weighted by molar-refractivity contribution is 5.73. The molecule has 2 saturated carbocycles. The number of unbranched alkanes of at least 4 members (excludes halogenated alkanes) is 2. The number of hydrogen-bond donors (Lipinski definition) is 0. The molecule has 3 nitrogen and oxygen atoms in total. The van der Waals surface area contributed by atoms with Gasteiger partial charge in [0.15, 0.2) is 11.6 Å². The molecule has 0 N–H and O–H groups in total. The Bertz CT molecular complexity index is 825. The molecule has 0 radical (unpaired) electrons. The zero-order chi connectivity index (χ0) is 24.8. The Kier molecular flexibility index (Phi) is 9.46. The summed E-state index contributed by atoms with van der Waals surface area (Å²) in [4.78, 5) is 12.7. The van der Waals surface area contributed by atoms with Crippen LogP contribution in [0.25, 0.3) is 0 Å². The fourth-order valence-corrected chi connectivity index (χ4v) is 7.10. The van der Waals surface area contributed by atoms with Crippen LogP contribution in [0, 0.1) is 35.3 Å². The minimum atomic E-state index is -0.849. The lowest BCUT2D eigenvalue weighted by atomic mass is 9.66. The number of cyclic esters (lactones) is 1. The second-order valence-corrected chi connectivity index (χ2v) is 11.2. The molecule has 3 fully saturated rings. The normalized spacial score (nSPS) is 31.7. The van der Waals surface area contributed by atoms with Crippen molar-refractivity contribution in [3.8, 4) is 5.75 Å². The number of hydrogen-bond acceptors (Lipinski definition) is 3. The van der Waals surface area contributed by atoms with Crippen molar-refractivity contribution in [2.24, 2.45) is 23.7 Å². The Hall–Kier alpha value is -1.65. The van der Waals surface area contributed by atoms with Gasteiger partial charge >= 0.3 is 5.97 Å². The van der Waals surface area contributed by atoms with Crippen LogP contribution in [0.1, 0.15) is 115 Å².